The van der Waals surface area contributed by atoms with Crippen molar-refractivity contribution in [3.05, 3.63) is 58.9 Å². The Hall–Kier alpha value is -2.51. The second-order valence-corrected chi connectivity index (χ2v) is 5.08. The van der Waals surface area contributed by atoms with Crippen molar-refractivity contribution < 1.29 is 4.74 Å². The summed E-state index contributed by atoms with van der Waals surface area (Å²) in [6.07, 6.45) is 0. The number of nitriles is 1. The van der Waals surface area contributed by atoms with E-state index in [-0.39, 0.29) is 0 Å². The third-order valence-electron chi connectivity index (χ3n) is 3.28. The van der Waals surface area contributed by atoms with Crippen LogP contribution in [-0.2, 0) is 13.7 Å². The summed E-state index contributed by atoms with van der Waals surface area (Å²) in [6.45, 7) is 0.356. The molecule has 3 rings (SSSR count). The van der Waals surface area contributed by atoms with Gasteiger partial charge in [-0.05, 0) is 42.5 Å². The predicted molar refractivity (Wildman–Crippen MR) is 81.2 cm³/mol. The molecule has 1 aromatic heterocycles. The van der Waals surface area contributed by atoms with Crippen LogP contribution in [0.5, 0.6) is 5.75 Å². The number of aromatic nitrogens is 2. The number of aryl methyl sites for hydroxylation is 1. The van der Waals surface area contributed by atoms with Gasteiger partial charge in [-0.25, -0.2) is 4.98 Å². The molecule has 4 nitrogen and oxygen atoms in total. The van der Waals surface area contributed by atoms with Crippen LogP contribution in [0.3, 0.4) is 0 Å². The Morgan fingerprint density at radius 1 is 1.24 bits per heavy atom. The molecule has 0 aliphatic carbocycles. The third-order valence-corrected chi connectivity index (χ3v) is 3.54. The summed E-state index contributed by atoms with van der Waals surface area (Å²) in [4.78, 5) is 4.52. The van der Waals surface area contributed by atoms with Gasteiger partial charge in [0.15, 0.2) is 0 Å². The molecule has 1 heterocycles. The Bertz CT molecular complexity index is 831. The summed E-state index contributed by atoms with van der Waals surface area (Å²) < 4.78 is 7.64. The summed E-state index contributed by atoms with van der Waals surface area (Å²) in [7, 11) is 1.91. The second kappa shape index (κ2) is 5.47. The Balaban J connectivity index is 1.85. The molecule has 0 amide bonds. The lowest BCUT2D eigenvalue weighted by atomic mass is 10.2. The van der Waals surface area contributed by atoms with E-state index in [2.05, 4.69) is 11.1 Å². The number of rotatable bonds is 3. The van der Waals surface area contributed by atoms with Crippen LogP contribution in [0.1, 0.15) is 11.4 Å². The van der Waals surface area contributed by atoms with Crippen LogP contribution < -0.4 is 4.74 Å². The molecule has 0 N–H and O–H groups in total. The zero-order valence-electron chi connectivity index (χ0n) is 11.4. The smallest absolute Gasteiger partial charge is 0.147 e. The van der Waals surface area contributed by atoms with E-state index in [1.807, 2.05) is 35.9 Å². The lowest BCUT2D eigenvalue weighted by Gasteiger charge is -2.06. The SMILES string of the molecule is Cn1c(COc2ccc(Cl)cc2)nc2ccc(C#N)cc21. The molecule has 0 atom stereocenters. The maximum atomic E-state index is 8.95. The Labute approximate surface area is 127 Å². The van der Waals surface area contributed by atoms with Gasteiger partial charge in [0.05, 0.1) is 22.7 Å². The van der Waals surface area contributed by atoms with E-state index in [1.54, 1.807) is 18.2 Å². The molecule has 0 unspecified atom stereocenters. The molecule has 0 aliphatic heterocycles. The van der Waals surface area contributed by atoms with Crippen LogP contribution in [0.15, 0.2) is 42.5 Å². The minimum atomic E-state index is 0.356. The molecule has 0 radical (unpaired) electrons. The summed E-state index contributed by atoms with van der Waals surface area (Å²) in [5.41, 5.74) is 2.39. The molecule has 104 valence electrons. The quantitative estimate of drug-likeness (QED) is 0.741. The largest absolute Gasteiger partial charge is 0.486 e. The number of fused-ring (bicyclic) bond motifs is 1. The first-order chi connectivity index (χ1) is 10.2. The van der Waals surface area contributed by atoms with Gasteiger partial charge in [-0.1, -0.05) is 11.6 Å². The number of nitrogens with zero attached hydrogens (tertiary/aromatic N) is 3. The highest BCUT2D eigenvalue weighted by atomic mass is 35.5. The van der Waals surface area contributed by atoms with E-state index in [0.29, 0.717) is 17.2 Å². The second-order valence-electron chi connectivity index (χ2n) is 4.64. The van der Waals surface area contributed by atoms with E-state index in [0.717, 1.165) is 22.6 Å². The van der Waals surface area contributed by atoms with Gasteiger partial charge >= 0.3 is 0 Å². The molecule has 0 aliphatic rings. The monoisotopic (exact) mass is 297 g/mol. The number of halogens is 1. The molecule has 0 saturated heterocycles. The molecule has 21 heavy (non-hydrogen) atoms. The van der Waals surface area contributed by atoms with Gasteiger partial charge in [-0.2, -0.15) is 5.26 Å². The van der Waals surface area contributed by atoms with E-state index in [4.69, 9.17) is 21.6 Å². The summed E-state index contributed by atoms with van der Waals surface area (Å²) in [5, 5.41) is 9.63. The van der Waals surface area contributed by atoms with Gasteiger partial charge in [-0.3, -0.25) is 0 Å². The molecule has 0 bridgehead atoms. The third kappa shape index (κ3) is 2.69. The Morgan fingerprint density at radius 3 is 2.71 bits per heavy atom. The van der Waals surface area contributed by atoms with Gasteiger partial charge < -0.3 is 9.30 Å². The number of hydrogen-bond acceptors (Lipinski definition) is 3. The molecule has 5 heteroatoms. The van der Waals surface area contributed by atoms with Crippen molar-refractivity contribution in [1.82, 2.24) is 9.55 Å². The van der Waals surface area contributed by atoms with Gasteiger partial charge in [0.1, 0.15) is 18.2 Å². The normalized spacial score (nSPS) is 10.5. The first kappa shape index (κ1) is 13.5. The standard InChI is InChI=1S/C16H12ClN3O/c1-20-15-8-11(9-18)2-7-14(15)19-16(20)10-21-13-5-3-12(17)4-6-13/h2-8H,10H2,1H3. The Morgan fingerprint density at radius 2 is 2.00 bits per heavy atom. The molecular weight excluding hydrogens is 286 g/mol. The highest BCUT2D eigenvalue weighted by Crippen LogP contribution is 2.19. The van der Waals surface area contributed by atoms with Crippen molar-refractivity contribution >= 4 is 22.6 Å². The lowest BCUT2D eigenvalue weighted by Crippen LogP contribution is -2.03. The first-order valence-electron chi connectivity index (χ1n) is 6.41. The predicted octanol–water partition coefficient (Wildman–Crippen LogP) is 3.68. The van der Waals surface area contributed by atoms with Gasteiger partial charge in [0, 0.05) is 12.1 Å². The van der Waals surface area contributed by atoms with E-state index >= 15 is 0 Å². The minimum absolute atomic E-state index is 0.356. The number of hydrogen-bond donors (Lipinski definition) is 0. The van der Waals surface area contributed by atoms with Crippen molar-refractivity contribution in [3.63, 3.8) is 0 Å². The zero-order valence-corrected chi connectivity index (χ0v) is 12.1. The van der Waals surface area contributed by atoms with Crippen LogP contribution in [0.4, 0.5) is 0 Å². The lowest BCUT2D eigenvalue weighted by molar-refractivity contribution is 0.292. The fourth-order valence-electron chi connectivity index (χ4n) is 2.12. The van der Waals surface area contributed by atoms with Gasteiger partial charge in [0.2, 0.25) is 0 Å². The molecule has 0 saturated carbocycles. The molecular formula is C16H12ClN3O. The number of ether oxygens (including phenoxy) is 1. The molecule has 0 spiro atoms. The van der Waals surface area contributed by atoms with E-state index < -0.39 is 0 Å². The van der Waals surface area contributed by atoms with Gasteiger partial charge in [0.25, 0.3) is 0 Å². The van der Waals surface area contributed by atoms with Crippen LogP contribution in [0, 0.1) is 11.3 Å². The Kier molecular flexibility index (Phi) is 3.51. The summed E-state index contributed by atoms with van der Waals surface area (Å²) in [5.74, 6) is 1.54. The minimum Gasteiger partial charge on any atom is -0.486 e. The average molecular weight is 298 g/mol. The molecule has 2 aromatic carbocycles. The van der Waals surface area contributed by atoms with Crippen LogP contribution in [-0.4, -0.2) is 9.55 Å². The first-order valence-corrected chi connectivity index (χ1v) is 6.79. The van der Waals surface area contributed by atoms with Crippen LogP contribution >= 0.6 is 11.6 Å². The van der Waals surface area contributed by atoms with Crippen molar-refractivity contribution in [2.45, 2.75) is 6.61 Å². The molecule has 0 fully saturated rings. The van der Waals surface area contributed by atoms with Crippen molar-refractivity contribution in [1.29, 1.82) is 5.26 Å². The highest BCUT2D eigenvalue weighted by molar-refractivity contribution is 6.30. The fourth-order valence-corrected chi connectivity index (χ4v) is 2.24. The maximum Gasteiger partial charge on any atom is 0.147 e. The van der Waals surface area contributed by atoms with Crippen molar-refractivity contribution in [3.8, 4) is 11.8 Å². The number of benzene rings is 2. The van der Waals surface area contributed by atoms with Gasteiger partial charge in [-0.15, -0.1) is 0 Å². The highest BCUT2D eigenvalue weighted by Gasteiger charge is 2.09. The van der Waals surface area contributed by atoms with Crippen molar-refractivity contribution in [2.24, 2.45) is 7.05 Å². The summed E-state index contributed by atoms with van der Waals surface area (Å²) >= 11 is 5.84. The van der Waals surface area contributed by atoms with Crippen LogP contribution in [0.2, 0.25) is 5.02 Å². The number of imidazole rings is 1. The van der Waals surface area contributed by atoms with E-state index in [1.165, 1.54) is 0 Å². The average Bonchev–Trinajstić information content (AvgIpc) is 2.82. The summed E-state index contributed by atoms with van der Waals surface area (Å²) in [6, 6.07) is 14.8. The van der Waals surface area contributed by atoms with E-state index in [9.17, 15) is 0 Å². The fraction of sp³-hybridized carbons (Fsp3) is 0.125. The molecule has 3 aromatic rings. The van der Waals surface area contributed by atoms with Crippen LogP contribution in [0.25, 0.3) is 11.0 Å². The maximum absolute atomic E-state index is 8.95. The topological polar surface area (TPSA) is 50.8 Å². The van der Waals surface area contributed by atoms with Crippen molar-refractivity contribution in [2.75, 3.05) is 0 Å². The zero-order chi connectivity index (χ0) is 14.8.